The third-order valence-corrected chi connectivity index (χ3v) is 6.14. The molecule has 0 radical (unpaired) electrons. The van der Waals surface area contributed by atoms with Crippen molar-refractivity contribution in [1.82, 2.24) is 9.78 Å². The lowest BCUT2D eigenvalue weighted by Crippen LogP contribution is -2.18. The van der Waals surface area contributed by atoms with Gasteiger partial charge in [0, 0.05) is 11.3 Å². The number of hydrogen-bond acceptors (Lipinski definition) is 5. The number of halogens is 1. The molecule has 0 aliphatic carbocycles. The molecule has 1 aromatic heterocycles. The molecule has 0 unspecified atom stereocenters. The zero-order valence-corrected chi connectivity index (χ0v) is 19.2. The number of benzene rings is 3. The van der Waals surface area contributed by atoms with Crippen LogP contribution in [0.15, 0.2) is 77.7 Å². The molecule has 4 rings (SSSR count). The first-order valence-corrected chi connectivity index (χ1v) is 11.8. The van der Waals surface area contributed by atoms with Crippen LogP contribution in [-0.4, -0.2) is 30.0 Å². The number of primary amides is 1. The first-order valence-electron chi connectivity index (χ1n) is 10.2. The molecule has 0 saturated carbocycles. The van der Waals surface area contributed by atoms with Crippen molar-refractivity contribution in [2.24, 2.45) is 10.9 Å². The summed E-state index contributed by atoms with van der Waals surface area (Å²) in [6.45, 7) is 1.68. The second kappa shape index (κ2) is 9.12. The van der Waals surface area contributed by atoms with E-state index >= 15 is 0 Å². The molecule has 0 spiro atoms. The van der Waals surface area contributed by atoms with Crippen molar-refractivity contribution in [2.75, 3.05) is 5.32 Å². The van der Waals surface area contributed by atoms with E-state index in [0.717, 1.165) is 6.07 Å². The van der Waals surface area contributed by atoms with Crippen LogP contribution in [0.2, 0.25) is 0 Å². The predicted octanol–water partition coefficient (Wildman–Crippen LogP) is 2.99. The average molecular weight is 494 g/mol. The number of rotatable bonds is 6. The Balaban J connectivity index is 1.62. The van der Waals surface area contributed by atoms with E-state index in [0.29, 0.717) is 22.5 Å². The number of carbonyl (C=O) groups excluding carboxylic acids is 2. The van der Waals surface area contributed by atoms with Gasteiger partial charge < -0.3 is 11.1 Å². The van der Waals surface area contributed by atoms with Crippen LogP contribution < -0.4 is 16.2 Å². The van der Waals surface area contributed by atoms with E-state index in [9.17, 15) is 22.4 Å². The van der Waals surface area contributed by atoms with E-state index in [1.165, 1.54) is 22.9 Å². The third-order valence-electron chi connectivity index (χ3n) is 5.17. The minimum absolute atomic E-state index is 0.00853. The zero-order valence-electron chi connectivity index (χ0n) is 18.4. The molecule has 3 aromatic carbocycles. The smallest absolute Gasteiger partial charge is 0.274 e. The molecule has 1 heterocycles. The van der Waals surface area contributed by atoms with Gasteiger partial charge in [-0.2, -0.15) is 5.10 Å². The Labute approximate surface area is 200 Å². The minimum Gasteiger partial charge on any atom is -0.366 e. The summed E-state index contributed by atoms with van der Waals surface area (Å²) in [7, 11) is -3.92. The van der Waals surface area contributed by atoms with Crippen molar-refractivity contribution in [3.05, 3.63) is 95.6 Å². The van der Waals surface area contributed by atoms with Crippen molar-refractivity contribution in [3.8, 4) is 16.8 Å². The number of aromatic nitrogens is 2. The first-order chi connectivity index (χ1) is 16.5. The lowest BCUT2D eigenvalue weighted by molar-refractivity contribution is 0.0994. The van der Waals surface area contributed by atoms with Crippen LogP contribution in [0.25, 0.3) is 16.8 Å². The molecule has 0 saturated heterocycles. The number of carbonyl (C=O) groups is 2. The van der Waals surface area contributed by atoms with Gasteiger partial charge in [-0.3, -0.25) is 9.59 Å². The molecular weight excluding hydrogens is 473 g/mol. The maximum atomic E-state index is 13.9. The van der Waals surface area contributed by atoms with E-state index in [1.54, 1.807) is 55.5 Å². The van der Waals surface area contributed by atoms with Gasteiger partial charge in [0.1, 0.15) is 11.5 Å². The summed E-state index contributed by atoms with van der Waals surface area (Å²) < 4.78 is 38.9. The van der Waals surface area contributed by atoms with Crippen molar-refractivity contribution < 1.29 is 22.4 Å². The molecule has 4 aromatic rings. The number of nitrogens with one attached hydrogen (secondary N) is 1. The summed E-state index contributed by atoms with van der Waals surface area (Å²) >= 11 is 0. The molecule has 5 N–H and O–H groups in total. The Bertz CT molecular complexity index is 1560. The highest BCUT2D eigenvalue weighted by atomic mass is 32.2. The molecule has 2 amide bonds. The van der Waals surface area contributed by atoms with Gasteiger partial charge in [-0.15, -0.1) is 0 Å². The number of nitrogens with two attached hydrogens (primary N) is 2. The second-order valence-corrected chi connectivity index (χ2v) is 9.21. The summed E-state index contributed by atoms with van der Waals surface area (Å²) in [5, 5.41) is 12.3. The number of amides is 2. The summed E-state index contributed by atoms with van der Waals surface area (Å²) in [5.74, 6) is -2.23. The summed E-state index contributed by atoms with van der Waals surface area (Å²) in [6, 6.07) is 18.1. The van der Waals surface area contributed by atoms with Gasteiger partial charge in [0.25, 0.3) is 11.8 Å². The average Bonchev–Trinajstić information content (AvgIpc) is 3.21. The monoisotopic (exact) mass is 493 g/mol. The van der Waals surface area contributed by atoms with Gasteiger partial charge in [0.05, 0.1) is 21.8 Å². The zero-order chi connectivity index (χ0) is 25.3. The highest BCUT2D eigenvalue weighted by Gasteiger charge is 2.19. The quantitative estimate of drug-likeness (QED) is 0.377. The van der Waals surface area contributed by atoms with E-state index in [-0.39, 0.29) is 21.8 Å². The van der Waals surface area contributed by atoms with Gasteiger partial charge in [-0.25, -0.2) is 22.6 Å². The Hall–Kier alpha value is -4.35. The van der Waals surface area contributed by atoms with Gasteiger partial charge >= 0.3 is 0 Å². The largest absolute Gasteiger partial charge is 0.366 e. The van der Waals surface area contributed by atoms with Crippen LogP contribution in [0, 0.1) is 12.7 Å². The van der Waals surface area contributed by atoms with Gasteiger partial charge in [0.15, 0.2) is 0 Å². The normalized spacial score (nSPS) is 11.3. The van der Waals surface area contributed by atoms with Gasteiger partial charge in [-0.1, -0.05) is 30.3 Å². The number of sulfonamides is 1. The fourth-order valence-corrected chi connectivity index (χ4v) is 4.33. The molecular formula is C24H20FN5O4S. The van der Waals surface area contributed by atoms with Gasteiger partial charge in [0.2, 0.25) is 10.0 Å². The molecule has 0 bridgehead atoms. The fourth-order valence-electron chi connectivity index (χ4n) is 3.57. The molecule has 0 aliphatic heterocycles. The van der Waals surface area contributed by atoms with E-state index in [1.807, 2.05) is 0 Å². The van der Waals surface area contributed by atoms with E-state index in [2.05, 4.69) is 10.4 Å². The van der Waals surface area contributed by atoms with E-state index < -0.39 is 27.7 Å². The maximum Gasteiger partial charge on any atom is 0.274 e. The van der Waals surface area contributed by atoms with Crippen LogP contribution in [-0.2, 0) is 10.0 Å². The van der Waals surface area contributed by atoms with Crippen molar-refractivity contribution in [2.45, 2.75) is 11.8 Å². The van der Waals surface area contributed by atoms with Crippen LogP contribution >= 0.6 is 0 Å². The number of nitrogens with zero attached hydrogens (tertiary/aromatic N) is 2. The van der Waals surface area contributed by atoms with Crippen molar-refractivity contribution >= 4 is 27.5 Å². The molecule has 35 heavy (non-hydrogen) atoms. The maximum absolute atomic E-state index is 13.9. The van der Waals surface area contributed by atoms with Gasteiger partial charge in [-0.05, 0) is 55.0 Å². The summed E-state index contributed by atoms with van der Waals surface area (Å²) in [4.78, 5) is 24.5. The third kappa shape index (κ3) is 4.95. The topological polar surface area (TPSA) is 150 Å². The highest BCUT2D eigenvalue weighted by Crippen LogP contribution is 2.28. The van der Waals surface area contributed by atoms with Crippen molar-refractivity contribution in [1.29, 1.82) is 0 Å². The number of primary sulfonamides is 1. The van der Waals surface area contributed by atoms with Crippen LogP contribution in [0.3, 0.4) is 0 Å². The lowest BCUT2D eigenvalue weighted by atomic mass is 10.1. The SMILES string of the molecule is Cc1cc(C(=O)Nc2ccc(-c3ccccc3S(N)(=O)=O)cc2)n(-c2ccc(F)c(C(N)=O)c2)n1. The first kappa shape index (κ1) is 23.8. The predicted molar refractivity (Wildman–Crippen MR) is 128 cm³/mol. The van der Waals surface area contributed by atoms with Crippen molar-refractivity contribution in [3.63, 3.8) is 0 Å². The Kier molecular flexibility index (Phi) is 6.20. The van der Waals surface area contributed by atoms with Crippen LogP contribution in [0.5, 0.6) is 0 Å². The van der Waals surface area contributed by atoms with Crippen LogP contribution in [0.1, 0.15) is 26.5 Å². The lowest BCUT2D eigenvalue weighted by Gasteiger charge is -2.11. The molecule has 0 aliphatic rings. The highest BCUT2D eigenvalue weighted by molar-refractivity contribution is 7.89. The molecule has 0 fully saturated rings. The Morgan fingerprint density at radius 2 is 1.69 bits per heavy atom. The van der Waals surface area contributed by atoms with Crippen LogP contribution in [0.4, 0.5) is 10.1 Å². The Morgan fingerprint density at radius 3 is 2.34 bits per heavy atom. The fraction of sp³-hybridized carbons (Fsp3) is 0.0417. The number of anilines is 1. The molecule has 11 heteroatoms. The summed E-state index contributed by atoms with van der Waals surface area (Å²) in [5.41, 5.74) is 7.33. The Morgan fingerprint density at radius 1 is 1.00 bits per heavy atom. The molecule has 9 nitrogen and oxygen atoms in total. The minimum atomic E-state index is -3.92. The van der Waals surface area contributed by atoms with E-state index in [4.69, 9.17) is 10.9 Å². The number of hydrogen-bond donors (Lipinski definition) is 3. The summed E-state index contributed by atoms with van der Waals surface area (Å²) in [6.07, 6.45) is 0. The molecule has 178 valence electrons. The number of aryl methyl sites for hydroxylation is 1. The molecule has 0 atom stereocenters. The second-order valence-electron chi connectivity index (χ2n) is 7.68. The standard InChI is InChI=1S/C24H20FN5O4S/c1-14-12-21(30(29-14)17-10-11-20(25)19(13-17)23(26)31)24(32)28-16-8-6-15(7-9-16)18-4-2-3-5-22(18)35(27,33)34/h2-13H,1H3,(H2,26,31)(H,28,32)(H2,27,33,34).